The van der Waals surface area contributed by atoms with Crippen molar-refractivity contribution in [3.63, 3.8) is 0 Å². The van der Waals surface area contributed by atoms with Gasteiger partial charge in [-0.1, -0.05) is 0 Å². The first-order valence-electron chi connectivity index (χ1n) is 3.35. The molecule has 0 atom stereocenters. The van der Waals surface area contributed by atoms with E-state index in [0.29, 0.717) is 6.54 Å². The first-order chi connectivity index (χ1) is 4.72. The average molecular weight is 145 g/mol. The molecule has 0 bridgehead atoms. The molecule has 0 aromatic carbocycles. The molecule has 0 aliphatic carbocycles. The van der Waals surface area contributed by atoms with Crippen LogP contribution in [0.15, 0.2) is 0 Å². The summed E-state index contributed by atoms with van der Waals surface area (Å²) >= 11 is 0. The standard InChI is InChI=1S/C6H15N3O/c1-8-6(10)9(2)5-3-4-7/h3-5,7H2,1-2H3,(H,8,10). The summed E-state index contributed by atoms with van der Waals surface area (Å²) in [5.74, 6) is 0. The van der Waals surface area contributed by atoms with Crippen LogP contribution in [-0.2, 0) is 0 Å². The fourth-order valence-electron chi connectivity index (χ4n) is 0.621. The van der Waals surface area contributed by atoms with Gasteiger partial charge >= 0.3 is 6.03 Å². The fourth-order valence-corrected chi connectivity index (χ4v) is 0.621. The van der Waals surface area contributed by atoms with Crippen molar-refractivity contribution in [2.45, 2.75) is 6.42 Å². The molecule has 0 unspecified atom stereocenters. The van der Waals surface area contributed by atoms with Crippen LogP contribution in [0, 0.1) is 0 Å². The summed E-state index contributed by atoms with van der Waals surface area (Å²) in [5.41, 5.74) is 5.26. The summed E-state index contributed by atoms with van der Waals surface area (Å²) in [4.78, 5) is 12.4. The number of carbonyl (C=O) groups excluding carboxylic acids is 1. The number of carbonyl (C=O) groups is 1. The number of amides is 2. The molecule has 3 N–H and O–H groups in total. The van der Waals surface area contributed by atoms with Crippen molar-refractivity contribution in [3.05, 3.63) is 0 Å². The lowest BCUT2D eigenvalue weighted by Gasteiger charge is -2.15. The van der Waals surface area contributed by atoms with E-state index in [1.807, 2.05) is 0 Å². The molecule has 0 fully saturated rings. The van der Waals surface area contributed by atoms with Gasteiger partial charge in [-0.25, -0.2) is 4.79 Å². The maximum Gasteiger partial charge on any atom is 0.316 e. The van der Waals surface area contributed by atoms with Crippen molar-refractivity contribution in [3.8, 4) is 0 Å². The Morgan fingerprint density at radius 1 is 1.70 bits per heavy atom. The Kier molecular flexibility index (Phi) is 4.66. The number of hydrogen-bond donors (Lipinski definition) is 2. The summed E-state index contributed by atoms with van der Waals surface area (Å²) in [7, 11) is 3.36. The lowest BCUT2D eigenvalue weighted by atomic mass is 10.4. The van der Waals surface area contributed by atoms with Crippen molar-refractivity contribution in [2.75, 3.05) is 27.2 Å². The molecule has 0 aromatic heterocycles. The fraction of sp³-hybridized carbons (Fsp3) is 0.833. The lowest BCUT2D eigenvalue weighted by molar-refractivity contribution is 0.211. The van der Waals surface area contributed by atoms with Gasteiger partial charge in [0, 0.05) is 20.6 Å². The molecule has 0 saturated heterocycles. The van der Waals surface area contributed by atoms with Crippen molar-refractivity contribution < 1.29 is 4.79 Å². The van der Waals surface area contributed by atoms with Gasteiger partial charge in [-0.05, 0) is 13.0 Å². The molecular weight excluding hydrogens is 130 g/mol. The monoisotopic (exact) mass is 145 g/mol. The maximum absolute atomic E-state index is 10.8. The van der Waals surface area contributed by atoms with Gasteiger partial charge in [0.2, 0.25) is 0 Å². The average Bonchev–Trinajstić information content (AvgIpc) is 1.98. The number of nitrogens with zero attached hydrogens (tertiary/aromatic N) is 1. The lowest BCUT2D eigenvalue weighted by Crippen LogP contribution is -2.36. The van der Waals surface area contributed by atoms with Crippen molar-refractivity contribution in [1.29, 1.82) is 0 Å². The Bertz CT molecular complexity index is 105. The van der Waals surface area contributed by atoms with Crippen LogP contribution < -0.4 is 11.1 Å². The SMILES string of the molecule is CNC(=O)N(C)CCCN. The van der Waals surface area contributed by atoms with E-state index >= 15 is 0 Å². The van der Waals surface area contributed by atoms with Crippen LogP contribution in [0.25, 0.3) is 0 Å². The van der Waals surface area contributed by atoms with Gasteiger partial charge in [0.15, 0.2) is 0 Å². The third-order valence-corrected chi connectivity index (χ3v) is 1.26. The van der Waals surface area contributed by atoms with Crippen molar-refractivity contribution in [2.24, 2.45) is 5.73 Å². The summed E-state index contributed by atoms with van der Waals surface area (Å²) < 4.78 is 0. The molecule has 0 saturated carbocycles. The first-order valence-corrected chi connectivity index (χ1v) is 3.35. The number of nitrogens with one attached hydrogen (secondary N) is 1. The van der Waals surface area contributed by atoms with E-state index < -0.39 is 0 Å². The molecular formula is C6H15N3O. The van der Waals surface area contributed by atoms with E-state index in [4.69, 9.17) is 5.73 Å². The third kappa shape index (κ3) is 3.29. The second kappa shape index (κ2) is 5.05. The van der Waals surface area contributed by atoms with E-state index in [0.717, 1.165) is 13.0 Å². The van der Waals surface area contributed by atoms with E-state index in [1.165, 1.54) is 0 Å². The number of nitrogens with two attached hydrogens (primary N) is 1. The minimum absolute atomic E-state index is 0.0616. The largest absolute Gasteiger partial charge is 0.341 e. The molecule has 4 heteroatoms. The molecule has 2 amide bonds. The van der Waals surface area contributed by atoms with E-state index in [2.05, 4.69) is 5.32 Å². The van der Waals surface area contributed by atoms with Crippen LogP contribution in [0.3, 0.4) is 0 Å². The van der Waals surface area contributed by atoms with E-state index in [1.54, 1.807) is 19.0 Å². The Morgan fingerprint density at radius 2 is 2.30 bits per heavy atom. The van der Waals surface area contributed by atoms with Gasteiger partial charge in [-0.15, -0.1) is 0 Å². The molecule has 0 heterocycles. The molecule has 0 aromatic rings. The molecule has 10 heavy (non-hydrogen) atoms. The van der Waals surface area contributed by atoms with Crippen LogP contribution in [0.1, 0.15) is 6.42 Å². The predicted octanol–water partition coefficient (Wildman–Crippen LogP) is -0.394. The quantitative estimate of drug-likeness (QED) is 0.568. The molecule has 0 aliphatic rings. The number of rotatable bonds is 3. The predicted molar refractivity (Wildman–Crippen MR) is 40.8 cm³/mol. The normalized spacial score (nSPS) is 9.10. The first kappa shape index (κ1) is 9.23. The highest BCUT2D eigenvalue weighted by molar-refractivity contribution is 5.73. The highest BCUT2D eigenvalue weighted by Gasteiger charge is 2.02. The summed E-state index contributed by atoms with van der Waals surface area (Å²) in [6.07, 6.45) is 0.851. The minimum atomic E-state index is -0.0616. The topological polar surface area (TPSA) is 58.4 Å². The zero-order chi connectivity index (χ0) is 7.98. The second-order valence-corrected chi connectivity index (χ2v) is 2.12. The summed E-state index contributed by atoms with van der Waals surface area (Å²) in [5, 5.41) is 2.52. The molecule has 4 nitrogen and oxygen atoms in total. The maximum atomic E-state index is 10.8. The Labute approximate surface area is 61.4 Å². The summed E-state index contributed by atoms with van der Waals surface area (Å²) in [6.45, 7) is 1.34. The van der Waals surface area contributed by atoms with Crippen LogP contribution >= 0.6 is 0 Å². The molecule has 0 spiro atoms. The van der Waals surface area contributed by atoms with Crippen molar-refractivity contribution >= 4 is 6.03 Å². The van der Waals surface area contributed by atoms with Gasteiger partial charge in [0.25, 0.3) is 0 Å². The summed E-state index contributed by atoms with van der Waals surface area (Å²) in [6, 6.07) is -0.0616. The van der Waals surface area contributed by atoms with Crippen molar-refractivity contribution in [1.82, 2.24) is 10.2 Å². The minimum Gasteiger partial charge on any atom is -0.341 e. The van der Waals surface area contributed by atoms with Crippen LogP contribution in [0.2, 0.25) is 0 Å². The zero-order valence-corrected chi connectivity index (χ0v) is 6.55. The molecule has 0 rings (SSSR count). The second-order valence-electron chi connectivity index (χ2n) is 2.12. The van der Waals surface area contributed by atoms with Gasteiger partial charge in [-0.2, -0.15) is 0 Å². The van der Waals surface area contributed by atoms with Crippen LogP contribution in [0.5, 0.6) is 0 Å². The van der Waals surface area contributed by atoms with Gasteiger partial charge < -0.3 is 16.0 Å². The zero-order valence-electron chi connectivity index (χ0n) is 6.55. The molecule has 0 aliphatic heterocycles. The van der Waals surface area contributed by atoms with Crippen LogP contribution in [0.4, 0.5) is 4.79 Å². The Balaban J connectivity index is 3.41. The Hall–Kier alpha value is -0.770. The number of urea groups is 1. The molecule has 60 valence electrons. The highest BCUT2D eigenvalue weighted by atomic mass is 16.2. The van der Waals surface area contributed by atoms with E-state index in [9.17, 15) is 4.79 Å². The Morgan fingerprint density at radius 3 is 2.70 bits per heavy atom. The van der Waals surface area contributed by atoms with Gasteiger partial charge in [0.1, 0.15) is 0 Å². The highest BCUT2D eigenvalue weighted by Crippen LogP contribution is 1.84. The molecule has 0 radical (unpaired) electrons. The van der Waals surface area contributed by atoms with Crippen LogP contribution in [-0.4, -0.2) is 38.1 Å². The van der Waals surface area contributed by atoms with Gasteiger partial charge in [-0.3, -0.25) is 0 Å². The third-order valence-electron chi connectivity index (χ3n) is 1.26. The smallest absolute Gasteiger partial charge is 0.316 e. The number of hydrogen-bond acceptors (Lipinski definition) is 2. The van der Waals surface area contributed by atoms with Gasteiger partial charge in [0.05, 0.1) is 0 Å². The van der Waals surface area contributed by atoms with E-state index in [-0.39, 0.29) is 6.03 Å².